The maximum Gasteiger partial charge on any atom is 0.127 e. The fraction of sp³-hybridized carbons (Fsp3) is 0.600. The number of rotatable bonds is 6. The third-order valence-electron chi connectivity index (χ3n) is 3.53. The zero-order valence-electron chi connectivity index (χ0n) is 11.6. The van der Waals surface area contributed by atoms with Crippen molar-refractivity contribution in [2.45, 2.75) is 40.2 Å². The second kappa shape index (κ2) is 7.10. The summed E-state index contributed by atoms with van der Waals surface area (Å²) in [6.07, 6.45) is 0.678. The lowest BCUT2D eigenvalue weighted by atomic mass is 9.84. The summed E-state index contributed by atoms with van der Waals surface area (Å²) in [7, 11) is 0. The van der Waals surface area contributed by atoms with Gasteiger partial charge in [-0.2, -0.15) is 0 Å². The smallest absolute Gasteiger partial charge is 0.127 e. The van der Waals surface area contributed by atoms with E-state index in [-0.39, 0.29) is 5.82 Å². The van der Waals surface area contributed by atoms with Crippen LogP contribution in [0.5, 0.6) is 0 Å². The van der Waals surface area contributed by atoms with E-state index in [9.17, 15) is 4.39 Å². The molecule has 2 unspecified atom stereocenters. The van der Waals surface area contributed by atoms with Gasteiger partial charge in [-0.1, -0.05) is 38.4 Å². The maximum atomic E-state index is 13.8. The van der Waals surface area contributed by atoms with E-state index in [2.05, 4.69) is 33.0 Å². The third kappa shape index (κ3) is 3.96. The molecule has 1 rings (SSSR count). The van der Waals surface area contributed by atoms with Crippen LogP contribution < -0.4 is 5.32 Å². The Kier molecular flexibility index (Phi) is 6.10. The summed E-state index contributed by atoms with van der Waals surface area (Å²) in [6, 6.07) is 5.25. The van der Waals surface area contributed by atoms with E-state index in [1.54, 1.807) is 12.1 Å². The van der Waals surface area contributed by atoms with Crippen molar-refractivity contribution in [3.05, 3.63) is 34.6 Å². The number of hydrogen-bond acceptors (Lipinski definition) is 1. The minimum Gasteiger partial charge on any atom is -0.314 e. The highest BCUT2D eigenvalue weighted by Gasteiger charge is 2.23. The van der Waals surface area contributed by atoms with Crippen molar-refractivity contribution >= 4 is 11.6 Å². The standard InChI is InChI=1S/C15H23ClFN/c1-5-18-11(4)12(10(2)3)9-13-14(16)7-6-8-15(13)17/h6-8,10-12,18H,5,9H2,1-4H3. The highest BCUT2D eigenvalue weighted by Crippen LogP contribution is 2.27. The summed E-state index contributed by atoms with van der Waals surface area (Å²) in [5.41, 5.74) is 0.641. The maximum absolute atomic E-state index is 13.8. The topological polar surface area (TPSA) is 12.0 Å². The Hall–Kier alpha value is -0.600. The van der Waals surface area contributed by atoms with Gasteiger partial charge in [-0.3, -0.25) is 0 Å². The van der Waals surface area contributed by atoms with E-state index in [0.717, 1.165) is 6.54 Å². The quantitative estimate of drug-likeness (QED) is 0.814. The van der Waals surface area contributed by atoms with Crippen molar-refractivity contribution in [1.29, 1.82) is 0 Å². The molecule has 2 atom stereocenters. The average Bonchev–Trinajstić information content (AvgIpc) is 2.28. The highest BCUT2D eigenvalue weighted by molar-refractivity contribution is 6.31. The molecule has 1 aromatic carbocycles. The summed E-state index contributed by atoms with van der Waals surface area (Å²) >= 11 is 6.10. The Labute approximate surface area is 115 Å². The number of benzene rings is 1. The molecule has 1 nitrogen and oxygen atoms in total. The summed E-state index contributed by atoms with van der Waals surface area (Å²) in [5, 5.41) is 3.95. The van der Waals surface area contributed by atoms with Crippen LogP contribution in [0.3, 0.4) is 0 Å². The van der Waals surface area contributed by atoms with Gasteiger partial charge in [0.2, 0.25) is 0 Å². The molecule has 3 heteroatoms. The van der Waals surface area contributed by atoms with Crippen molar-refractivity contribution in [2.24, 2.45) is 11.8 Å². The molecule has 0 aliphatic heterocycles. The molecule has 0 spiro atoms. The number of nitrogens with one attached hydrogen (secondary N) is 1. The van der Waals surface area contributed by atoms with Crippen LogP contribution in [0.15, 0.2) is 18.2 Å². The van der Waals surface area contributed by atoms with Crippen LogP contribution in [0.25, 0.3) is 0 Å². The normalized spacial score (nSPS) is 14.8. The van der Waals surface area contributed by atoms with E-state index < -0.39 is 0 Å². The molecule has 1 aromatic rings. The van der Waals surface area contributed by atoms with E-state index in [1.807, 2.05) is 0 Å². The van der Waals surface area contributed by atoms with Gasteiger partial charge in [0.1, 0.15) is 5.82 Å². The van der Waals surface area contributed by atoms with Gasteiger partial charge in [0, 0.05) is 16.6 Å². The zero-order chi connectivity index (χ0) is 13.7. The number of halogens is 2. The van der Waals surface area contributed by atoms with Crippen LogP contribution in [0.4, 0.5) is 4.39 Å². The van der Waals surface area contributed by atoms with Gasteiger partial charge in [0.15, 0.2) is 0 Å². The fourth-order valence-electron chi connectivity index (χ4n) is 2.43. The Morgan fingerprint density at radius 2 is 1.94 bits per heavy atom. The molecular formula is C15H23ClFN. The second-order valence-corrected chi connectivity index (χ2v) is 5.57. The van der Waals surface area contributed by atoms with Crippen LogP contribution in [0, 0.1) is 17.7 Å². The first-order chi connectivity index (χ1) is 8.47. The molecule has 0 saturated carbocycles. The van der Waals surface area contributed by atoms with Crippen molar-refractivity contribution in [3.8, 4) is 0 Å². The van der Waals surface area contributed by atoms with Gasteiger partial charge in [-0.15, -0.1) is 0 Å². The lowest BCUT2D eigenvalue weighted by Gasteiger charge is -2.28. The fourth-order valence-corrected chi connectivity index (χ4v) is 2.67. The van der Waals surface area contributed by atoms with E-state index in [4.69, 9.17) is 11.6 Å². The SMILES string of the molecule is CCNC(C)C(Cc1c(F)cccc1Cl)C(C)C. The van der Waals surface area contributed by atoms with Gasteiger partial charge >= 0.3 is 0 Å². The van der Waals surface area contributed by atoms with Crippen LogP contribution in [0.2, 0.25) is 5.02 Å². The third-order valence-corrected chi connectivity index (χ3v) is 3.88. The molecule has 0 aliphatic carbocycles. The minimum atomic E-state index is -0.197. The first kappa shape index (κ1) is 15.5. The molecule has 0 heterocycles. The Morgan fingerprint density at radius 3 is 2.44 bits per heavy atom. The second-order valence-electron chi connectivity index (χ2n) is 5.16. The molecular weight excluding hydrogens is 249 g/mol. The van der Waals surface area contributed by atoms with Gasteiger partial charge in [0.25, 0.3) is 0 Å². The largest absolute Gasteiger partial charge is 0.314 e. The van der Waals surface area contributed by atoms with Gasteiger partial charge < -0.3 is 5.32 Å². The molecule has 0 amide bonds. The van der Waals surface area contributed by atoms with E-state index in [1.165, 1.54) is 6.07 Å². The zero-order valence-corrected chi connectivity index (χ0v) is 12.4. The lowest BCUT2D eigenvalue weighted by Crippen LogP contribution is -2.37. The van der Waals surface area contributed by atoms with E-state index >= 15 is 0 Å². The molecule has 0 fully saturated rings. The average molecular weight is 272 g/mol. The molecule has 102 valence electrons. The van der Waals surface area contributed by atoms with Gasteiger partial charge in [0.05, 0.1) is 0 Å². The van der Waals surface area contributed by atoms with Crippen LogP contribution in [0.1, 0.15) is 33.3 Å². The molecule has 18 heavy (non-hydrogen) atoms. The Bertz CT molecular complexity index is 359. The lowest BCUT2D eigenvalue weighted by molar-refractivity contribution is 0.289. The van der Waals surface area contributed by atoms with Crippen molar-refractivity contribution in [2.75, 3.05) is 6.54 Å². The van der Waals surface area contributed by atoms with Crippen LogP contribution in [-0.2, 0) is 6.42 Å². The van der Waals surface area contributed by atoms with Gasteiger partial charge in [-0.05, 0) is 43.9 Å². The summed E-state index contributed by atoms with van der Waals surface area (Å²) in [4.78, 5) is 0. The summed E-state index contributed by atoms with van der Waals surface area (Å²) < 4.78 is 13.8. The number of hydrogen-bond donors (Lipinski definition) is 1. The Morgan fingerprint density at radius 1 is 1.28 bits per heavy atom. The summed E-state index contributed by atoms with van der Waals surface area (Å²) in [5.74, 6) is 0.658. The van der Waals surface area contributed by atoms with E-state index in [0.29, 0.717) is 34.9 Å². The monoisotopic (exact) mass is 271 g/mol. The summed E-state index contributed by atoms with van der Waals surface area (Å²) in [6.45, 7) is 9.52. The molecule has 0 aromatic heterocycles. The molecule has 0 aliphatic rings. The van der Waals surface area contributed by atoms with Crippen LogP contribution in [-0.4, -0.2) is 12.6 Å². The first-order valence-corrected chi connectivity index (χ1v) is 7.01. The molecule has 1 N–H and O–H groups in total. The minimum absolute atomic E-state index is 0.197. The molecule has 0 radical (unpaired) electrons. The Balaban J connectivity index is 2.90. The molecule has 0 bridgehead atoms. The van der Waals surface area contributed by atoms with Crippen LogP contribution >= 0.6 is 11.6 Å². The first-order valence-electron chi connectivity index (χ1n) is 6.63. The predicted molar refractivity (Wildman–Crippen MR) is 76.6 cm³/mol. The predicted octanol–water partition coefficient (Wildman–Crippen LogP) is 4.29. The highest BCUT2D eigenvalue weighted by atomic mass is 35.5. The van der Waals surface area contributed by atoms with Crippen molar-refractivity contribution < 1.29 is 4.39 Å². The van der Waals surface area contributed by atoms with Crippen molar-refractivity contribution in [1.82, 2.24) is 5.32 Å². The van der Waals surface area contributed by atoms with Gasteiger partial charge in [-0.25, -0.2) is 4.39 Å². The van der Waals surface area contributed by atoms with Crippen molar-refractivity contribution in [3.63, 3.8) is 0 Å². The molecule has 0 saturated heterocycles.